The number of carbonyl (C=O) groups excluding carboxylic acids is 1. The van der Waals surface area contributed by atoms with Gasteiger partial charge < -0.3 is 10.6 Å². The highest BCUT2D eigenvalue weighted by Gasteiger charge is 2.15. The molecule has 0 unspecified atom stereocenters. The molecule has 0 aliphatic rings. The van der Waals surface area contributed by atoms with Gasteiger partial charge in [-0.15, -0.1) is 0 Å². The average Bonchev–Trinajstić information content (AvgIpc) is 3.42. The Bertz CT molecular complexity index is 1090. The Kier molecular flexibility index (Phi) is 5.02. The van der Waals surface area contributed by atoms with Gasteiger partial charge in [0, 0.05) is 42.2 Å². The molecule has 4 aromatic rings. The number of nitrogens with one attached hydrogen (secondary N) is 2. The number of benzene rings is 1. The summed E-state index contributed by atoms with van der Waals surface area (Å²) < 4.78 is 3.43. The lowest BCUT2D eigenvalue weighted by atomic mass is 10.2. The first-order valence-corrected chi connectivity index (χ1v) is 9.09. The quantitative estimate of drug-likeness (QED) is 0.526. The standard InChI is InChI=1S/C20H20N8O/c1-14(28-10-3-8-22-28)20(29)26-17-6-4-16(5-7-17)25-18-12-19(24-15(2)23-18)27-11-9-21-13-27/h3-14H,1-2H3,(H,26,29)(H,23,24,25)/t14-/m0/s1. The van der Waals surface area contributed by atoms with E-state index in [0.717, 1.165) is 11.5 Å². The van der Waals surface area contributed by atoms with E-state index in [1.54, 1.807) is 42.6 Å². The molecule has 146 valence electrons. The van der Waals surface area contributed by atoms with Gasteiger partial charge >= 0.3 is 0 Å². The molecular weight excluding hydrogens is 368 g/mol. The van der Waals surface area contributed by atoms with E-state index < -0.39 is 6.04 Å². The Morgan fingerprint density at radius 3 is 2.55 bits per heavy atom. The Morgan fingerprint density at radius 1 is 1.07 bits per heavy atom. The topological polar surface area (TPSA) is 103 Å². The van der Waals surface area contributed by atoms with Crippen LogP contribution < -0.4 is 10.6 Å². The molecule has 2 N–H and O–H groups in total. The lowest BCUT2D eigenvalue weighted by molar-refractivity contribution is -0.119. The summed E-state index contributed by atoms with van der Waals surface area (Å²) in [6.45, 7) is 3.64. The SMILES string of the molecule is Cc1nc(Nc2ccc(NC(=O)[C@H](C)n3cccn3)cc2)cc(-n2ccnc2)n1. The fourth-order valence-electron chi connectivity index (χ4n) is 2.80. The van der Waals surface area contributed by atoms with Crippen LogP contribution in [-0.4, -0.2) is 35.2 Å². The van der Waals surface area contributed by atoms with Crippen LogP contribution in [-0.2, 0) is 4.79 Å². The predicted octanol–water partition coefficient (Wildman–Crippen LogP) is 3.11. The zero-order valence-electron chi connectivity index (χ0n) is 16.0. The van der Waals surface area contributed by atoms with Gasteiger partial charge in [-0.3, -0.25) is 14.0 Å². The van der Waals surface area contributed by atoms with Crippen LogP contribution >= 0.6 is 0 Å². The number of anilines is 3. The number of imidazole rings is 1. The molecule has 1 amide bonds. The normalized spacial score (nSPS) is 11.8. The Morgan fingerprint density at radius 2 is 1.86 bits per heavy atom. The second-order valence-corrected chi connectivity index (χ2v) is 6.48. The van der Waals surface area contributed by atoms with Gasteiger partial charge in [0.15, 0.2) is 0 Å². The molecule has 0 saturated carbocycles. The molecule has 29 heavy (non-hydrogen) atoms. The van der Waals surface area contributed by atoms with E-state index in [-0.39, 0.29) is 5.91 Å². The summed E-state index contributed by atoms with van der Waals surface area (Å²) in [5, 5.41) is 10.3. The van der Waals surface area contributed by atoms with Crippen molar-refractivity contribution >= 4 is 23.1 Å². The van der Waals surface area contributed by atoms with Gasteiger partial charge in [-0.2, -0.15) is 5.10 Å². The van der Waals surface area contributed by atoms with Crippen molar-refractivity contribution < 1.29 is 4.79 Å². The number of aryl methyl sites for hydroxylation is 1. The molecule has 4 rings (SSSR count). The van der Waals surface area contributed by atoms with Crippen molar-refractivity contribution in [3.05, 3.63) is 73.3 Å². The van der Waals surface area contributed by atoms with Crippen LogP contribution in [0.2, 0.25) is 0 Å². The van der Waals surface area contributed by atoms with Crippen molar-refractivity contribution in [3.8, 4) is 5.82 Å². The average molecular weight is 388 g/mol. The first-order chi connectivity index (χ1) is 14.1. The van der Waals surface area contributed by atoms with Crippen molar-refractivity contribution in [2.45, 2.75) is 19.9 Å². The number of rotatable bonds is 6. The Hall–Kier alpha value is -4.01. The molecule has 3 aromatic heterocycles. The first-order valence-electron chi connectivity index (χ1n) is 9.09. The van der Waals surface area contributed by atoms with Crippen molar-refractivity contribution in [1.29, 1.82) is 0 Å². The third kappa shape index (κ3) is 4.29. The van der Waals surface area contributed by atoms with Gasteiger partial charge in [-0.25, -0.2) is 15.0 Å². The van der Waals surface area contributed by atoms with Crippen LogP contribution in [0.3, 0.4) is 0 Å². The maximum absolute atomic E-state index is 12.4. The lowest BCUT2D eigenvalue weighted by Crippen LogP contribution is -2.23. The van der Waals surface area contributed by atoms with E-state index in [2.05, 4.69) is 30.7 Å². The third-order valence-corrected chi connectivity index (χ3v) is 4.32. The van der Waals surface area contributed by atoms with Crippen molar-refractivity contribution in [2.24, 2.45) is 0 Å². The lowest BCUT2D eigenvalue weighted by Gasteiger charge is -2.13. The van der Waals surface area contributed by atoms with Crippen LogP contribution in [0.5, 0.6) is 0 Å². The maximum Gasteiger partial charge on any atom is 0.248 e. The minimum Gasteiger partial charge on any atom is -0.340 e. The number of nitrogens with zero attached hydrogens (tertiary/aromatic N) is 6. The monoisotopic (exact) mass is 388 g/mol. The van der Waals surface area contributed by atoms with Crippen LogP contribution in [0.25, 0.3) is 5.82 Å². The molecule has 1 atom stereocenters. The smallest absolute Gasteiger partial charge is 0.248 e. The van der Waals surface area contributed by atoms with Crippen LogP contribution in [0, 0.1) is 6.92 Å². The summed E-state index contributed by atoms with van der Waals surface area (Å²) in [4.78, 5) is 25.3. The van der Waals surface area contributed by atoms with Gasteiger partial charge in [0.25, 0.3) is 0 Å². The fourth-order valence-corrected chi connectivity index (χ4v) is 2.80. The fraction of sp³-hybridized carbons (Fsp3) is 0.150. The molecule has 9 nitrogen and oxygen atoms in total. The summed E-state index contributed by atoms with van der Waals surface area (Å²) >= 11 is 0. The molecule has 0 saturated heterocycles. The molecule has 0 aliphatic heterocycles. The summed E-state index contributed by atoms with van der Waals surface area (Å²) in [7, 11) is 0. The van der Waals surface area contributed by atoms with E-state index >= 15 is 0 Å². The zero-order chi connectivity index (χ0) is 20.2. The van der Waals surface area contributed by atoms with Crippen LogP contribution in [0.1, 0.15) is 18.8 Å². The number of aromatic nitrogens is 6. The molecule has 0 spiro atoms. The van der Waals surface area contributed by atoms with Gasteiger partial charge in [0.2, 0.25) is 5.91 Å². The second kappa shape index (κ2) is 7.93. The maximum atomic E-state index is 12.4. The molecule has 0 aliphatic carbocycles. The van der Waals surface area contributed by atoms with E-state index in [9.17, 15) is 4.79 Å². The highest BCUT2D eigenvalue weighted by atomic mass is 16.2. The highest BCUT2D eigenvalue weighted by Crippen LogP contribution is 2.20. The molecule has 0 radical (unpaired) electrons. The van der Waals surface area contributed by atoms with Gasteiger partial charge in [-0.1, -0.05) is 0 Å². The molecular formula is C20H20N8O. The van der Waals surface area contributed by atoms with E-state index in [1.165, 1.54) is 0 Å². The third-order valence-electron chi connectivity index (χ3n) is 4.32. The number of amides is 1. The van der Waals surface area contributed by atoms with Crippen molar-refractivity contribution in [1.82, 2.24) is 29.3 Å². The number of hydrogen-bond donors (Lipinski definition) is 2. The minimum absolute atomic E-state index is 0.134. The van der Waals surface area contributed by atoms with E-state index in [4.69, 9.17) is 0 Å². The largest absolute Gasteiger partial charge is 0.340 e. The van der Waals surface area contributed by atoms with Gasteiger partial charge in [-0.05, 0) is 44.2 Å². The van der Waals surface area contributed by atoms with Crippen molar-refractivity contribution in [2.75, 3.05) is 10.6 Å². The summed E-state index contributed by atoms with van der Waals surface area (Å²) in [6, 6.07) is 10.7. The first kappa shape index (κ1) is 18.4. The molecule has 3 heterocycles. The number of carbonyl (C=O) groups is 1. The van der Waals surface area contributed by atoms with Gasteiger partial charge in [0.05, 0.1) is 0 Å². The Labute approximate surface area is 167 Å². The molecule has 9 heteroatoms. The molecule has 1 aromatic carbocycles. The summed E-state index contributed by atoms with van der Waals surface area (Å²) in [5.41, 5.74) is 1.55. The molecule has 0 bridgehead atoms. The highest BCUT2D eigenvalue weighted by molar-refractivity contribution is 5.93. The number of hydrogen-bond acceptors (Lipinski definition) is 6. The van der Waals surface area contributed by atoms with Crippen molar-refractivity contribution in [3.63, 3.8) is 0 Å². The summed E-state index contributed by atoms with van der Waals surface area (Å²) in [6.07, 6.45) is 8.63. The van der Waals surface area contributed by atoms with Crippen LogP contribution in [0.15, 0.2) is 67.5 Å². The summed E-state index contributed by atoms with van der Waals surface area (Å²) in [5.74, 6) is 1.92. The minimum atomic E-state index is -0.395. The van der Waals surface area contributed by atoms with E-state index in [0.29, 0.717) is 17.3 Å². The second-order valence-electron chi connectivity index (χ2n) is 6.48. The van der Waals surface area contributed by atoms with E-state index in [1.807, 2.05) is 48.0 Å². The Balaban J connectivity index is 1.44. The molecule has 0 fully saturated rings. The zero-order valence-corrected chi connectivity index (χ0v) is 16.0. The predicted molar refractivity (Wildman–Crippen MR) is 109 cm³/mol. The van der Waals surface area contributed by atoms with Crippen LogP contribution in [0.4, 0.5) is 17.2 Å². The van der Waals surface area contributed by atoms with Gasteiger partial charge in [0.1, 0.15) is 29.8 Å².